The van der Waals surface area contributed by atoms with E-state index < -0.39 is 33.8 Å². The molecule has 0 N–H and O–H groups in total. The number of ether oxygens (including phenoxy) is 3. The molecule has 1 aromatic carbocycles. The van der Waals surface area contributed by atoms with Gasteiger partial charge < -0.3 is 14.2 Å². The Morgan fingerprint density at radius 3 is 2.69 bits per heavy atom. The first-order valence-corrected chi connectivity index (χ1v) is 12.3. The summed E-state index contributed by atoms with van der Waals surface area (Å²) < 4.78 is 47.5. The minimum Gasteiger partial charge on any atom is -0.465 e. The predicted octanol–water partition coefficient (Wildman–Crippen LogP) is 3.18. The van der Waals surface area contributed by atoms with Crippen molar-refractivity contribution < 1.29 is 41.4 Å². The molecule has 1 aliphatic carbocycles. The second-order valence-electron chi connectivity index (χ2n) is 8.76. The number of rotatable bonds is 7. The molecule has 5 atom stereocenters. The normalized spacial score (nSPS) is 34.5. The molecular formula is C22H30O9S. The van der Waals surface area contributed by atoms with E-state index >= 15 is 0 Å². The van der Waals surface area contributed by atoms with Gasteiger partial charge in [-0.2, -0.15) is 8.42 Å². The highest BCUT2D eigenvalue weighted by atomic mass is 32.2. The molecule has 9 nitrogen and oxygen atoms in total. The van der Waals surface area contributed by atoms with Gasteiger partial charge in [-0.05, 0) is 56.6 Å². The summed E-state index contributed by atoms with van der Waals surface area (Å²) in [5, 5.41) is 0. The highest BCUT2D eigenvalue weighted by Gasteiger charge is 2.63. The maximum Gasteiger partial charge on any atom is 0.339 e. The summed E-state index contributed by atoms with van der Waals surface area (Å²) in [6.45, 7) is 1.76. The number of fused-ring (bicyclic) bond motifs is 3. The zero-order valence-electron chi connectivity index (χ0n) is 18.6. The van der Waals surface area contributed by atoms with Gasteiger partial charge in [0, 0.05) is 13.5 Å². The van der Waals surface area contributed by atoms with E-state index in [0.717, 1.165) is 25.7 Å². The Morgan fingerprint density at radius 2 is 1.94 bits per heavy atom. The van der Waals surface area contributed by atoms with Crippen molar-refractivity contribution in [3.05, 3.63) is 29.8 Å². The fourth-order valence-corrected chi connectivity index (χ4v) is 6.40. The van der Waals surface area contributed by atoms with E-state index in [9.17, 15) is 13.2 Å². The molecule has 1 spiro atoms. The van der Waals surface area contributed by atoms with Crippen molar-refractivity contribution in [2.45, 2.75) is 68.0 Å². The van der Waals surface area contributed by atoms with Gasteiger partial charge in [-0.15, -0.1) is 0 Å². The summed E-state index contributed by atoms with van der Waals surface area (Å²) in [6, 6.07) is 5.82. The van der Waals surface area contributed by atoms with E-state index in [1.54, 1.807) is 13.2 Å². The van der Waals surface area contributed by atoms with Crippen LogP contribution in [0.2, 0.25) is 0 Å². The van der Waals surface area contributed by atoms with Crippen LogP contribution in [0, 0.1) is 11.8 Å². The van der Waals surface area contributed by atoms with Gasteiger partial charge in [0.1, 0.15) is 4.90 Å². The van der Waals surface area contributed by atoms with E-state index in [1.165, 1.54) is 25.3 Å². The molecule has 2 bridgehead atoms. The monoisotopic (exact) mass is 470 g/mol. The minimum absolute atomic E-state index is 0.0637. The van der Waals surface area contributed by atoms with Crippen LogP contribution < -0.4 is 0 Å². The van der Waals surface area contributed by atoms with Gasteiger partial charge in [0.25, 0.3) is 10.1 Å². The molecule has 0 radical (unpaired) electrons. The number of methoxy groups -OCH3 is 2. The van der Waals surface area contributed by atoms with Crippen LogP contribution >= 0.6 is 0 Å². The largest absolute Gasteiger partial charge is 0.465 e. The van der Waals surface area contributed by atoms with Crippen LogP contribution in [0.3, 0.4) is 0 Å². The third-order valence-corrected chi connectivity index (χ3v) is 8.27. The maximum atomic E-state index is 12.8. The number of hydrogen-bond acceptors (Lipinski definition) is 9. The van der Waals surface area contributed by atoms with Gasteiger partial charge in [-0.25, -0.2) is 14.6 Å². The van der Waals surface area contributed by atoms with Crippen LogP contribution in [0.5, 0.6) is 0 Å². The molecule has 4 aliphatic rings. The van der Waals surface area contributed by atoms with Crippen molar-refractivity contribution >= 4 is 16.1 Å². The lowest BCUT2D eigenvalue weighted by Gasteiger charge is -2.53. The van der Waals surface area contributed by atoms with Crippen molar-refractivity contribution in [1.29, 1.82) is 0 Å². The van der Waals surface area contributed by atoms with E-state index in [4.69, 9.17) is 28.2 Å². The first kappa shape index (κ1) is 23.6. The smallest absolute Gasteiger partial charge is 0.339 e. The lowest BCUT2D eigenvalue weighted by molar-refractivity contribution is -0.554. The standard InChI is InChI=1S/C22H30O9S/c1-21-13-11-15-7-6-8-16(22(15,31-30-21)20(27-3)29-21)12-14-28-32(24,25)18-10-5-4-9-17(18)19(23)26-2/h4-5,9-10,15-16,20H,6-8,11-14H2,1-3H3/t15-,16+,20+,21-,22-/m1/s1. The summed E-state index contributed by atoms with van der Waals surface area (Å²) >= 11 is 0. The van der Waals surface area contributed by atoms with Crippen LogP contribution in [0.15, 0.2) is 29.2 Å². The lowest BCUT2D eigenvalue weighted by atomic mass is 9.65. The van der Waals surface area contributed by atoms with E-state index in [0.29, 0.717) is 12.8 Å². The minimum atomic E-state index is -4.16. The van der Waals surface area contributed by atoms with Gasteiger partial charge in [0.05, 0.1) is 19.3 Å². The van der Waals surface area contributed by atoms with Crippen LogP contribution in [-0.4, -0.2) is 52.9 Å². The van der Waals surface area contributed by atoms with Gasteiger partial charge in [-0.3, -0.25) is 4.18 Å². The number of carbonyl (C=O) groups excluding carboxylic acids is 1. The molecule has 3 heterocycles. The van der Waals surface area contributed by atoms with Crippen LogP contribution in [0.4, 0.5) is 0 Å². The third kappa shape index (κ3) is 4.08. The molecule has 0 unspecified atom stereocenters. The van der Waals surface area contributed by atoms with Crippen molar-refractivity contribution in [3.63, 3.8) is 0 Å². The molecule has 0 amide bonds. The van der Waals surface area contributed by atoms with Crippen molar-refractivity contribution in [2.24, 2.45) is 11.8 Å². The summed E-state index contributed by atoms with van der Waals surface area (Å²) in [6.07, 6.45) is 4.12. The molecular weight excluding hydrogens is 440 g/mol. The molecule has 178 valence electrons. The first-order chi connectivity index (χ1) is 15.3. The van der Waals surface area contributed by atoms with Crippen LogP contribution in [0.25, 0.3) is 0 Å². The Morgan fingerprint density at radius 1 is 1.16 bits per heavy atom. The average molecular weight is 471 g/mol. The predicted molar refractivity (Wildman–Crippen MR) is 111 cm³/mol. The zero-order valence-corrected chi connectivity index (χ0v) is 19.4. The number of esters is 1. The van der Waals surface area contributed by atoms with Gasteiger partial charge in [0.15, 0.2) is 11.9 Å². The fourth-order valence-electron chi connectivity index (χ4n) is 5.29. The summed E-state index contributed by atoms with van der Waals surface area (Å²) in [5.41, 5.74) is -0.883. The molecule has 32 heavy (non-hydrogen) atoms. The van der Waals surface area contributed by atoms with Gasteiger partial charge in [-0.1, -0.05) is 18.6 Å². The van der Waals surface area contributed by atoms with Gasteiger partial charge in [0.2, 0.25) is 5.79 Å². The topological polar surface area (TPSA) is 107 Å². The molecule has 5 rings (SSSR count). The molecule has 4 fully saturated rings. The second kappa shape index (κ2) is 9.00. The molecule has 3 aliphatic heterocycles. The SMILES string of the molecule is COC(=O)c1ccccc1S(=O)(=O)OCC[C@@H]1CCC[C@@H]2CC[C@@]3(C)OO[C@]21[C@@H](OC)O3. The van der Waals surface area contributed by atoms with Gasteiger partial charge >= 0.3 is 5.97 Å². The molecule has 3 saturated heterocycles. The number of carbonyl (C=O) groups is 1. The Kier molecular flexibility index (Phi) is 6.63. The molecule has 1 saturated carbocycles. The zero-order chi connectivity index (χ0) is 23.0. The highest BCUT2D eigenvalue weighted by Crippen LogP contribution is 2.55. The molecule has 1 aromatic rings. The Bertz CT molecular complexity index is 948. The Labute approximate surface area is 188 Å². The second-order valence-corrected chi connectivity index (χ2v) is 10.3. The lowest BCUT2D eigenvalue weighted by Crippen LogP contribution is -2.63. The Balaban J connectivity index is 1.51. The summed E-state index contributed by atoms with van der Waals surface area (Å²) in [7, 11) is -1.38. The number of benzene rings is 1. The van der Waals surface area contributed by atoms with Crippen LogP contribution in [-0.2, 0) is 38.3 Å². The maximum absolute atomic E-state index is 12.8. The van der Waals surface area contributed by atoms with Crippen molar-refractivity contribution in [2.75, 3.05) is 20.8 Å². The van der Waals surface area contributed by atoms with E-state index in [1.807, 2.05) is 6.92 Å². The highest BCUT2D eigenvalue weighted by molar-refractivity contribution is 7.86. The van der Waals surface area contributed by atoms with Crippen LogP contribution in [0.1, 0.15) is 55.8 Å². The van der Waals surface area contributed by atoms with E-state index in [2.05, 4.69) is 0 Å². The molecule has 0 aromatic heterocycles. The number of hydrogen-bond donors (Lipinski definition) is 0. The Hall–Kier alpha value is -1.56. The quantitative estimate of drug-likeness (QED) is 0.337. The summed E-state index contributed by atoms with van der Waals surface area (Å²) in [4.78, 5) is 23.5. The fraction of sp³-hybridized carbons (Fsp3) is 0.682. The third-order valence-electron chi connectivity index (χ3n) is 6.90. The molecule has 10 heteroatoms. The average Bonchev–Trinajstić information content (AvgIpc) is 3.03. The first-order valence-electron chi connectivity index (χ1n) is 10.9. The van der Waals surface area contributed by atoms with Crippen molar-refractivity contribution in [3.8, 4) is 0 Å². The van der Waals surface area contributed by atoms with E-state index in [-0.39, 0.29) is 28.9 Å². The summed E-state index contributed by atoms with van der Waals surface area (Å²) in [5.74, 6) is -1.51. The van der Waals surface area contributed by atoms with Crippen molar-refractivity contribution in [1.82, 2.24) is 0 Å².